The molecule has 0 saturated heterocycles. The first-order chi connectivity index (χ1) is 12.4. The summed E-state index contributed by atoms with van der Waals surface area (Å²) in [5.41, 5.74) is 2.74. The van der Waals surface area contributed by atoms with E-state index in [0.29, 0.717) is 0 Å². The molecule has 27 heavy (non-hydrogen) atoms. The molecule has 0 aromatic heterocycles. The number of sulfonamides is 1. The number of carbonyl (C=O) groups excluding carboxylic acids is 1. The first-order valence-corrected chi connectivity index (χ1v) is 10.8. The first-order valence-electron chi connectivity index (χ1n) is 8.55. The van der Waals surface area contributed by atoms with Crippen LogP contribution < -0.4 is 10.0 Å². The lowest BCUT2D eigenvalue weighted by molar-refractivity contribution is 0.0940. The van der Waals surface area contributed by atoms with Crippen LogP contribution in [0.15, 0.2) is 42.5 Å². The average Bonchev–Trinajstić information content (AvgIpc) is 2.54. The highest BCUT2D eigenvalue weighted by molar-refractivity contribution is 7.92. The average molecular weight is 409 g/mol. The van der Waals surface area contributed by atoms with Crippen molar-refractivity contribution in [3.63, 3.8) is 0 Å². The molecule has 0 radical (unpaired) electrons. The van der Waals surface area contributed by atoms with Crippen LogP contribution in [-0.4, -0.2) is 20.6 Å². The van der Waals surface area contributed by atoms with Gasteiger partial charge < -0.3 is 5.32 Å². The quantitative estimate of drug-likeness (QED) is 0.764. The predicted octanol–water partition coefficient (Wildman–Crippen LogP) is 4.50. The SMILES string of the molecule is CC(NC(=O)c1cc(NS(C)(=O)=O)ccc1Cl)c1ccc(C(C)(C)C)cc1. The maximum absolute atomic E-state index is 12.6. The number of halogens is 1. The van der Waals surface area contributed by atoms with Crippen molar-refractivity contribution in [2.75, 3.05) is 11.0 Å². The molecule has 5 nitrogen and oxygen atoms in total. The number of hydrogen-bond donors (Lipinski definition) is 2. The maximum atomic E-state index is 12.6. The molecule has 0 aliphatic heterocycles. The van der Waals surface area contributed by atoms with Gasteiger partial charge in [-0.15, -0.1) is 0 Å². The van der Waals surface area contributed by atoms with Crippen LogP contribution in [0.1, 0.15) is 55.2 Å². The first kappa shape index (κ1) is 21.3. The van der Waals surface area contributed by atoms with E-state index in [0.717, 1.165) is 11.8 Å². The summed E-state index contributed by atoms with van der Waals surface area (Å²) in [6, 6.07) is 12.3. The zero-order valence-electron chi connectivity index (χ0n) is 16.1. The van der Waals surface area contributed by atoms with Crippen LogP contribution in [-0.2, 0) is 15.4 Å². The topological polar surface area (TPSA) is 75.3 Å². The Bertz CT molecular complexity index is 933. The molecule has 1 amide bonds. The van der Waals surface area contributed by atoms with Gasteiger partial charge in [-0.25, -0.2) is 8.42 Å². The zero-order chi connectivity index (χ0) is 20.4. The lowest BCUT2D eigenvalue weighted by atomic mass is 9.86. The Morgan fingerprint density at radius 1 is 1.07 bits per heavy atom. The van der Waals surface area contributed by atoms with Crippen molar-refractivity contribution in [1.82, 2.24) is 5.32 Å². The van der Waals surface area contributed by atoms with Gasteiger partial charge in [0.1, 0.15) is 0 Å². The van der Waals surface area contributed by atoms with Crippen LogP contribution in [0, 0.1) is 0 Å². The second-order valence-corrected chi connectivity index (χ2v) is 9.79. The van der Waals surface area contributed by atoms with Crippen LogP contribution >= 0.6 is 11.6 Å². The molecule has 2 aromatic carbocycles. The van der Waals surface area contributed by atoms with Gasteiger partial charge in [-0.3, -0.25) is 9.52 Å². The summed E-state index contributed by atoms with van der Waals surface area (Å²) in [4.78, 5) is 12.6. The minimum atomic E-state index is -3.44. The second-order valence-electron chi connectivity index (χ2n) is 7.64. The van der Waals surface area contributed by atoms with Gasteiger partial charge in [-0.05, 0) is 41.7 Å². The van der Waals surface area contributed by atoms with Gasteiger partial charge in [0.15, 0.2) is 0 Å². The molecule has 146 valence electrons. The van der Waals surface area contributed by atoms with E-state index in [4.69, 9.17) is 11.6 Å². The second kappa shape index (κ2) is 7.90. The van der Waals surface area contributed by atoms with E-state index in [1.807, 2.05) is 19.1 Å². The third-order valence-electron chi connectivity index (χ3n) is 4.14. The highest BCUT2D eigenvalue weighted by Gasteiger charge is 2.17. The van der Waals surface area contributed by atoms with Crippen LogP contribution in [0.3, 0.4) is 0 Å². The lowest BCUT2D eigenvalue weighted by Gasteiger charge is -2.21. The molecule has 7 heteroatoms. The fraction of sp³-hybridized carbons (Fsp3) is 0.350. The van der Waals surface area contributed by atoms with Crippen molar-refractivity contribution in [3.05, 3.63) is 64.2 Å². The summed E-state index contributed by atoms with van der Waals surface area (Å²) in [6.07, 6.45) is 1.05. The van der Waals surface area contributed by atoms with Crippen LogP contribution in [0.5, 0.6) is 0 Å². The molecule has 0 fully saturated rings. The Balaban J connectivity index is 2.17. The third-order valence-corrected chi connectivity index (χ3v) is 5.07. The largest absolute Gasteiger partial charge is 0.345 e. The van der Waals surface area contributed by atoms with Gasteiger partial charge in [-0.1, -0.05) is 56.6 Å². The van der Waals surface area contributed by atoms with Crippen LogP contribution in [0.2, 0.25) is 5.02 Å². The molecule has 0 saturated carbocycles. The molecule has 1 unspecified atom stereocenters. The molecule has 2 rings (SSSR count). The minimum absolute atomic E-state index is 0.0611. The van der Waals surface area contributed by atoms with Gasteiger partial charge in [-0.2, -0.15) is 0 Å². The van der Waals surface area contributed by atoms with Crippen LogP contribution in [0.25, 0.3) is 0 Å². The van der Waals surface area contributed by atoms with Gasteiger partial charge in [0, 0.05) is 5.69 Å². The summed E-state index contributed by atoms with van der Waals surface area (Å²) >= 11 is 6.12. The highest BCUT2D eigenvalue weighted by atomic mass is 35.5. The molecule has 2 aromatic rings. The Morgan fingerprint density at radius 3 is 2.19 bits per heavy atom. The molecule has 0 aliphatic rings. The van der Waals surface area contributed by atoms with E-state index in [-0.39, 0.29) is 33.6 Å². The lowest BCUT2D eigenvalue weighted by Crippen LogP contribution is -2.27. The Hall–Kier alpha value is -2.05. The number of benzene rings is 2. The minimum Gasteiger partial charge on any atom is -0.345 e. The van der Waals surface area contributed by atoms with E-state index in [1.54, 1.807) is 0 Å². The van der Waals surface area contributed by atoms with Crippen molar-refractivity contribution in [1.29, 1.82) is 0 Å². The summed E-state index contributed by atoms with van der Waals surface area (Å²) in [5, 5.41) is 3.15. The zero-order valence-corrected chi connectivity index (χ0v) is 17.7. The summed E-state index contributed by atoms with van der Waals surface area (Å²) in [5.74, 6) is -0.371. The molecule has 0 aliphatic carbocycles. The molecular formula is C20H25ClN2O3S. The number of amides is 1. The Morgan fingerprint density at radius 2 is 1.67 bits per heavy atom. The molecular weight excluding hydrogens is 384 g/mol. The highest BCUT2D eigenvalue weighted by Crippen LogP contribution is 2.25. The van der Waals surface area contributed by atoms with Crippen molar-refractivity contribution in [2.24, 2.45) is 0 Å². The van der Waals surface area contributed by atoms with E-state index in [2.05, 4.69) is 42.9 Å². The molecule has 0 spiro atoms. The summed E-state index contributed by atoms with van der Waals surface area (Å²) < 4.78 is 25.1. The van der Waals surface area contributed by atoms with Gasteiger partial charge in [0.2, 0.25) is 10.0 Å². The number of nitrogens with one attached hydrogen (secondary N) is 2. The van der Waals surface area contributed by atoms with Crippen LogP contribution in [0.4, 0.5) is 5.69 Å². The van der Waals surface area contributed by atoms with Crippen molar-refractivity contribution in [2.45, 2.75) is 39.2 Å². The van der Waals surface area contributed by atoms with E-state index >= 15 is 0 Å². The summed E-state index contributed by atoms with van der Waals surface area (Å²) in [6.45, 7) is 8.32. The maximum Gasteiger partial charge on any atom is 0.253 e. The van der Waals surface area contributed by atoms with Gasteiger partial charge >= 0.3 is 0 Å². The van der Waals surface area contributed by atoms with Crippen molar-refractivity contribution >= 4 is 33.2 Å². The number of anilines is 1. The van der Waals surface area contributed by atoms with E-state index in [1.165, 1.54) is 23.8 Å². The normalized spacial score (nSPS) is 13.1. The van der Waals surface area contributed by atoms with Crippen molar-refractivity contribution < 1.29 is 13.2 Å². The molecule has 2 N–H and O–H groups in total. The Labute approximate surface area is 166 Å². The molecule has 0 bridgehead atoms. The van der Waals surface area contributed by atoms with Crippen molar-refractivity contribution in [3.8, 4) is 0 Å². The molecule has 0 heterocycles. The van der Waals surface area contributed by atoms with Gasteiger partial charge in [0.25, 0.3) is 5.91 Å². The summed E-state index contributed by atoms with van der Waals surface area (Å²) in [7, 11) is -3.44. The van der Waals surface area contributed by atoms with E-state index in [9.17, 15) is 13.2 Å². The fourth-order valence-electron chi connectivity index (χ4n) is 2.61. The van der Waals surface area contributed by atoms with E-state index < -0.39 is 10.0 Å². The number of hydrogen-bond acceptors (Lipinski definition) is 3. The Kier molecular flexibility index (Phi) is 6.22. The number of rotatable bonds is 5. The predicted molar refractivity (Wildman–Crippen MR) is 111 cm³/mol. The third kappa shape index (κ3) is 5.97. The molecule has 1 atom stereocenters. The standard InChI is InChI=1S/C20H25ClN2O3S/c1-13(14-6-8-15(9-7-14)20(2,3)4)22-19(24)17-12-16(10-11-18(17)21)23-27(5,25)26/h6-13,23H,1-5H3,(H,22,24). The van der Waals surface area contributed by atoms with Gasteiger partial charge in [0.05, 0.1) is 22.9 Å². The number of carbonyl (C=O) groups is 1. The smallest absolute Gasteiger partial charge is 0.253 e. The fourth-order valence-corrected chi connectivity index (χ4v) is 3.36. The monoisotopic (exact) mass is 408 g/mol.